The van der Waals surface area contributed by atoms with Crippen LogP contribution in [-0.4, -0.2) is 40.6 Å². The van der Waals surface area contributed by atoms with E-state index in [1.54, 1.807) is 18.7 Å². The SMILES string of the molecule is CCC(CC)(NC(=O)N1CC(C)C(C)C1)C(=O)O. The normalized spacial score (nSPS) is 24.1. The molecule has 0 spiro atoms. The Hall–Kier alpha value is -1.26. The third-order valence-corrected chi connectivity index (χ3v) is 4.24. The zero-order valence-electron chi connectivity index (χ0n) is 11.7. The lowest BCUT2D eigenvalue weighted by molar-refractivity contribution is -0.144. The summed E-state index contributed by atoms with van der Waals surface area (Å²) in [5, 5.41) is 12.0. The van der Waals surface area contributed by atoms with Crippen LogP contribution in [-0.2, 0) is 4.79 Å². The highest BCUT2D eigenvalue weighted by Crippen LogP contribution is 2.23. The van der Waals surface area contributed by atoms with Crippen molar-refractivity contribution < 1.29 is 14.7 Å². The molecule has 1 aliphatic heterocycles. The van der Waals surface area contributed by atoms with Crippen LogP contribution < -0.4 is 5.32 Å². The van der Waals surface area contributed by atoms with Gasteiger partial charge in [0.05, 0.1) is 0 Å². The Labute approximate surface area is 109 Å². The topological polar surface area (TPSA) is 69.6 Å². The number of amides is 2. The molecule has 2 unspecified atom stereocenters. The molecule has 2 amide bonds. The van der Waals surface area contributed by atoms with E-state index in [1.165, 1.54) is 0 Å². The lowest BCUT2D eigenvalue weighted by atomic mass is 9.93. The highest BCUT2D eigenvalue weighted by molar-refractivity contribution is 5.86. The predicted octanol–water partition coefficient (Wildman–Crippen LogP) is 1.93. The quantitative estimate of drug-likeness (QED) is 0.807. The van der Waals surface area contributed by atoms with Gasteiger partial charge in [0.2, 0.25) is 0 Å². The molecule has 2 N–H and O–H groups in total. The van der Waals surface area contributed by atoms with Crippen molar-refractivity contribution in [1.29, 1.82) is 0 Å². The molecule has 5 nitrogen and oxygen atoms in total. The maximum atomic E-state index is 12.1. The van der Waals surface area contributed by atoms with Crippen molar-refractivity contribution >= 4 is 12.0 Å². The summed E-state index contributed by atoms with van der Waals surface area (Å²) in [6.45, 7) is 9.20. The fourth-order valence-electron chi connectivity index (χ4n) is 2.36. The average Bonchev–Trinajstić information content (AvgIpc) is 2.66. The van der Waals surface area contributed by atoms with Gasteiger partial charge in [-0.3, -0.25) is 0 Å². The van der Waals surface area contributed by atoms with Crippen molar-refractivity contribution in [2.45, 2.75) is 46.1 Å². The summed E-state index contributed by atoms with van der Waals surface area (Å²) in [6, 6.07) is -0.252. The van der Waals surface area contributed by atoms with Crippen molar-refractivity contribution in [1.82, 2.24) is 10.2 Å². The first-order chi connectivity index (χ1) is 8.36. The summed E-state index contributed by atoms with van der Waals surface area (Å²) in [6.07, 6.45) is 0.785. The third-order valence-electron chi connectivity index (χ3n) is 4.24. The molecule has 0 aromatic heterocycles. The van der Waals surface area contributed by atoms with Crippen LogP contribution >= 0.6 is 0 Å². The Morgan fingerprint density at radius 1 is 1.22 bits per heavy atom. The fourth-order valence-corrected chi connectivity index (χ4v) is 2.36. The van der Waals surface area contributed by atoms with E-state index in [1.807, 2.05) is 0 Å². The highest BCUT2D eigenvalue weighted by atomic mass is 16.4. The number of carbonyl (C=O) groups excluding carboxylic acids is 1. The molecule has 1 saturated heterocycles. The molecular formula is C13H24N2O3. The fraction of sp³-hybridized carbons (Fsp3) is 0.846. The lowest BCUT2D eigenvalue weighted by Gasteiger charge is -2.30. The Balaban J connectivity index is 2.71. The van der Waals surface area contributed by atoms with E-state index in [-0.39, 0.29) is 6.03 Å². The molecule has 0 aliphatic carbocycles. The van der Waals surface area contributed by atoms with Crippen LogP contribution in [0.5, 0.6) is 0 Å². The Morgan fingerprint density at radius 3 is 2.00 bits per heavy atom. The predicted molar refractivity (Wildman–Crippen MR) is 69.4 cm³/mol. The van der Waals surface area contributed by atoms with E-state index >= 15 is 0 Å². The molecule has 1 aliphatic rings. The summed E-state index contributed by atoms with van der Waals surface area (Å²) in [7, 11) is 0. The molecule has 0 saturated carbocycles. The molecule has 2 atom stereocenters. The highest BCUT2D eigenvalue weighted by Gasteiger charge is 2.39. The molecule has 1 fully saturated rings. The number of carbonyl (C=O) groups is 2. The van der Waals surface area contributed by atoms with Crippen molar-refractivity contribution in [3.8, 4) is 0 Å². The number of carboxylic acid groups (broad SMARTS) is 1. The first-order valence-corrected chi connectivity index (χ1v) is 6.66. The van der Waals surface area contributed by atoms with Crippen LogP contribution in [0.25, 0.3) is 0 Å². The van der Waals surface area contributed by atoms with Crippen molar-refractivity contribution in [2.24, 2.45) is 11.8 Å². The second-order valence-electron chi connectivity index (χ2n) is 5.38. The van der Waals surface area contributed by atoms with Gasteiger partial charge in [-0.2, -0.15) is 0 Å². The standard InChI is InChI=1S/C13H24N2O3/c1-5-13(6-2,11(16)17)14-12(18)15-7-9(3)10(4)8-15/h9-10H,5-8H2,1-4H3,(H,14,18)(H,16,17). The number of urea groups is 1. The summed E-state index contributed by atoms with van der Waals surface area (Å²) in [5.41, 5.74) is -1.13. The molecule has 5 heteroatoms. The molecule has 1 rings (SSSR count). The van der Waals surface area contributed by atoms with Crippen LogP contribution in [0.3, 0.4) is 0 Å². The number of rotatable bonds is 4. The zero-order valence-corrected chi connectivity index (χ0v) is 11.7. The van der Waals surface area contributed by atoms with Gasteiger partial charge < -0.3 is 15.3 Å². The van der Waals surface area contributed by atoms with Gasteiger partial charge in [-0.15, -0.1) is 0 Å². The van der Waals surface area contributed by atoms with E-state index in [0.29, 0.717) is 37.8 Å². The minimum absolute atomic E-state index is 0.252. The molecule has 104 valence electrons. The van der Waals surface area contributed by atoms with Gasteiger partial charge in [0.1, 0.15) is 5.54 Å². The number of nitrogens with zero attached hydrogens (tertiary/aromatic N) is 1. The van der Waals surface area contributed by atoms with E-state index in [4.69, 9.17) is 0 Å². The Morgan fingerprint density at radius 2 is 1.67 bits per heavy atom. The second kappa shape index (κ2) is 5.59. The largest absolute Gasteiger partial charge is 0.480 e. The smallest absolute Gasteiger partial charge is 0.329 e. The Bertz CT molecular complexity index is 316. The summed E-state index contributed by atoms with van der Waals surface area (Å²) < 4.78 is 0. The van der Waals surface area contributed by atoms with Crippen LogP contribution in [0.2, 0.25) is 0 Å². The van der Waals surface area contributed by atoms with Gasteiger partial charge >= 0.3 is 12.0 Å². The van der Waals surface area contributed by atoms with Crippen LogP contribution in [0.1, 0.15) is 40.5 Å². The van der Waals surface area contributed by atoms with E-state index < -0.39 is 11.5 Å². The number of carboxylic acids is 1. The Kier molecular flexibility index (Phi) is 4.59. The maximum absolute atomic E-state index is 12.1. The summed E-state index contributed by atoms with van der Waals surface area (Å²) in [4.78, 5) is 25.2. The number of likely N-dealkylation sites (tertiary alicyclic amines) is 1. The molecule has 1 heterocycles. The third kappa shape index (κ3) is 2.76. The van der Waals surface area contributed by atoms with Gasteiger partial charge in [0.15, 0.2) is 0 Å². The minimum atomic E-state index is -1.13. The number of aliphatic carboxylic acids is 1. The summed E-state index contributed by atoms with van der Waals surface area (Å²) >= 11 is 0. The first-order valence-electron chi connectivity index (χ1n) is 6.66. The van der Waals surface area contributed by atoms with Crippen molar-refractivity contribution in [2.75, 3.05) is 13.1 Å². The van der Waals surface area contributed by atoms with Crippen molar-refractivity contribution in [3.05, 3.63) is 0 Å². The molecular weight excluding hydrogens is 232 g/mol. The van der Waals surface area contributed by atoms with Crippen LogP contribution in [0.15, 0.2) is 0 Å². The first kappa shape index (κ1) is 14.8. The van der Waals surface area contributed by atoms with E-state index in [0.717, 1.165) is 0 Å². The van der Waals surface area contributed by atoms with Gasteiger partial charge in [-0.25, -0.2) is 9.59 Å². The molecule has 0 aromatic rings. The maximum Gasteiger partial charge on any atom is 0.329 e. The van der Waals surface area contributed by atoms with Crippen LogP contribution in [0.4, 0.5) is 4.79 Å². The molecule has 0 radical (unpaired) electrons. The van der Waals surface area contributed by atoms with Gasteiger partial charge in [-0.05, 0) is 24.7 Å². The number of hydrogen-bond donors (Lipinski definition) is 2. The molecule has 0 aromatic carbocycles. The molecule has 18 heavy (non-hydrogen) atoms. The van der Waals surface area contributed by atoms with Gasteiger partial charge in [-0.1, -0.05) is 27.7 Å². The van der Waals surface area contributed by atoms with E-state index in [9.17, 15) is 14.7 Å². The second-order valence-corrected chi connectivity index (χ2v) is 5.38. The number of hydrogen-bond acceptors (Lipinski definition) is 2. The van der Waals surface area contributed by atoms with Gasteiger partial charge in [0, 0.05) is 13.1 Å². The van der Waals surface area contributed by atoms with Crippen molar-refractivity contribution in [3.63, 3.8) is 0 Å². The average molecular weight is 256 g/mol. The number of nitrogens with one attached hydrogen (secondary N) is 1. The zero-order chi connectivity index (χ0) is 13.9. The monoisotopic (exact) mass is 256 g/mol. The lowest BCUT2D eigenvalue weighted by Crippen LogP contribution is -2.57. The van der Waals surface area contributed by atoms with E-state index in [2.05, 4.69) is 19.2 Å². The molecule has 0 bridgehead atoms. The minimum Gasteiger partial charge on any atom is -0.480 e. The summed E-state index contributed by atoms with van der Waals surface area (Å²) in [5.74, 6) is -0.0161. The van der Waals surface area contributed by atoms with Crippen LogP contribution in [0, 0.1) is 11.8 Å². The van der Waals surface area contributed by atoms with Gasteiger partial charge in [0.25, 0.3) is 0 Å².